The van der Waals surface area contributed by atoms with Crippen molar-refractivity contribution in [2.45, 2.75) is 25.5 Å². The molecule has 3 aromatic rings. The normalized spacial score (nSPS) is 13.4. The number of nitrogens with zero attached hydrogens (tertiary/aromatic N) is 1. The molecule has 4 rings (SSSR count). The zero-order valence-corrected chi connectivity index (χ0v) is 19.0. The highest BCUT2D eigenvalue weighted by Crippen LogP contribution is 2.37. The van der Waals surface area contributed by atoms with E-state index in [1.807, 2.05) is 41.3 Å². The maximum Gasteiger partial charge on any atom is 0.306 e. The molecule has 176 valence electrons. The van der Waals surface area contributed by atoms with Gasteiger partial charge in [-0.25, -0.2) is 0 Å². The zero-order chi connectivity index (χ0) is 24.1. The van der Waals surface area contributed by atoms with Gasteiger partial charge in [-0.1, -0.05) is 48.5 Å². The number of carbonyl (C=O) groups excluding carboxylic acids is 1. The van der Waals surface area contributed by atoms with Crippen molar-refractivity contribution in [1.29, 1.82) is 0 Å². The number of nitrogens with one attached hydrogen (secondary N) is 1. The van der Waals surface area contributed by atoms with Crippen molar-refractivity contribution in [3.05, 3.63) is 83.4 Å². The second-order valence-corrected chi connectivity index (χ2v) is 8.29. The van der Waals surface area contributed by atoms with E-state index in [1.165, 1.54) is 5.56 Å². The lowest BCUT2D eigenvalue weighted by Gasteiger charge is -2.19. The summed E-state index contributed by atoms with van der Waals surface area (Å²) in [6.07, 6.45) is -0.495. The molecule has 0 bridgehead atoms. The highest BCUT2D eigenvalue weighted by atomic mass is 16.5. The van der Waals surface area contributed by atoms with Crippen LogP contribution in [0, 0.1) is 0 Å². The van der Waals surface area contributed by atoms with E-state index in [4.69, 9.17) is 9.84 Å². The third-order valence-corrected chi connectivity index (χ3v) is 6.00. The molecule has 1 amide bonds. The molecule has 0 fully saturated rings. The lowest BCUT2D eigenvalue weighted by molar-refractivity contribution is -0.139. The molecule has 34 heavy (non-hydrogen) atoms. The number of carboxylic acid groups (broad SMARTS) is 1. The average Bonchev–Trinajstić information content (AvgIpc) is 3.28. The van der Waals surface area contributed by atoms with Crippen molar-refractivity contribution in [2.24, 2.45) is 0 Å². The number of hydrogen-bond acceptors (Lipinski definition) is 5. The van der Waals surface area contributed by atoms with E-state index < -0.39 is 12.1 Å². The number of hydrogen-bond donors (Lipinski definition) is 3. The lowest BCUT2D eigenvalue weighted by Crippen LogP contribution is -2.29. The van der Waals surface area contributed by atoms with E-state index in [0.29, 0.717) is 24.4 Å². The third kappa shape index (κ3) is 5.11. The number of carboxylic acids is 1. The van der Waals surface area contributed by atoms with Gasteiger partial charge < -0.3 is 25.2 Å². The average molecular weight is 461 g/mol. The molecule has 0 radical (unpaired) electrons. The first-order valence-corrected chi connectivity index (χ1v) is 11.2. The van der Waals surface area contributed by atoms with Gasteiger partial charge in [0.25, 0.3) is 5.91 Å². The number of benzene rings is 3. The molecule has 7 heteroatoms. The van der Waals surface area contributed by atoms with Gasteiger partial charge in [-0.15, -0.1) is 0 Å². The molecule has 1 heterocycles. The smallest absolute Gasteiger partial charge is 0.306 e. The number of amides is 1. The SMILES string of the molecule is COc1cc(C(=O)N2CCc3c(-c4ccccc4)cccc32)ccc1CNC[C@@H](O)CC(=O)O. The molecule has 0 aromatic heterocycles. The minimum absolute atomic E-state index is 0.0846. The molecule has 0 spiro atoms. The molecule has 0 saturated carbocycles. The summed E-state index contributed by atoms with van der Waals surface area (Å²) >= 11 is 0. The molecule has 1 aliphatic heterocycles. The third-order valence-electron chi connectivity index (χ3n) is 6.00. The van der Waals surface area contributed by atoms with Gasteiger partial charge in [0, 0.05) is 36.4 Å². The largest absolute Gasteiger partial charge is 0.496 e. The maximum absolute atomic E-state index is 13.4. The zero-order valence-electron chi connectivity index (χ0n) is 19.0. The second kappa shape index (κ2) is 10.5. The molecule has 7 nitrogen and oxygen atoms in total. The quantitative estimate of drug-likeness (QED) is 0.452. The Balaban J connectivity index is 1.50. The molecule has 1 aliphatic rings. The number of fused-ring (bicyclic) bond motifs is 1. The van der Waals surface area contributed by atoms with E-state index in [-0.39, 0.29) is 18.9 Å². The molecule has 3 N–H and O–H groups in total. The van der Waals surface area contributed by atoms with Gasteiger partial charge in [-0.3, -0.25) is 9.59 Å². The summed E-state index contributed by atoms with van der Waals surface area (Å²) in [5.74, 6) is -0.573. The van der Waals surface area contributed by atoms with Crippen LogP contribution in [0.4, 0.5) is 5.69 Å². The summed E-state index contributed by atoms with van der Waals surface area (Å²) in [5, 5.41) is 21.5. The fourth-order valence-electron chi connectivity index (χ4n) is 4.36. The Bertz CT molecular complexity index is 1180. The summed E-state index contributed by atoms with van der Waals surface area (Å²) < 4.78 is 5.50. The first-order valence-electron chi connectivity index (χ1n) is 11.2. The number of aliphatic hydroxyl groups is 1. The van der Waals surface area contributed by atoms with Crippen LogP contribution in [0.3, 0.4) is 0 Å². The van der Waals surface area contributed by atoms with Crippen LogP contribution >= 0.6 is 0 Å². The van der Waals surface area contributed by atoms with Gasteiger partial charge in [0.05, 0.1) is 19.6 Å². The van der Waals surface area contributed by atoms with Crippen LogP contribution in [0.5, 0.6) is 5.75 Å². The summed E-state index contributed by atoms with van der Waals surface area (Å²) in [6.45, 7) is 1.14. The standard InChI is InChI=1S/C27H28N2O5/c1-34-25-14-19(10-11-20(25)16-28-17-21(30)15-26(31)32)27(33)29-13-12-23-22(8-5-9-24(23)29)18-6-3-2-4-7-18/h2-11,14,21,28,30H,12-13,15-17H2,1H3,(H,31,32)/t21-/m0/s1. The maximum atomic E-state index is 13.4. The Morgan fingerprint density at radius 2 is 1.88 bits per heavy atom. The first kappa shape index (κ1) is 23.5. The minimum atomic E-state index is -1.05. The van der Waals surface area contributed by atoms with Crippen LogP contribution in [0.15, 0.2) is 66.7 Å². The van der Waals surface area contributed by atoms with E-state index in [9.17, 15) is 14.7 Å². The van der Waals surface area contributed by atoms with Crippen molar-refractivity contribution in [1.82, 2.24) is 5.32 Å². The van der Waals surface area contributed by atoms with Gasteiger partial charge >= 0.3 is 5.97 Å². The summed E-state index contributed by atoms with van der Waals surface area (Å²) in [6, 6.07) is 21.6. The van der Waals surface area contributed by atoms with Crippen molar-refractivity contribution in [2.75, 3.05) is 25.1 Å². The Labute approximate surface area is 198 Å². The summed E-state index contributed by atoms with van der Waals surface area (Å²) in [4.78, 5) is 25.9. The Morgan fingerprint density at radius 3 is 2.62 bits per heavy atom. The molecular formula is C27H28N2O5. The molecule has 0 aliphatic carbocycles. The minimum Gasteiger partial charge on any atom is -0.496 e. The number of ether oxygens (including phenoxy) is 1. The number of anilines is 1. The van der Waals surface area contributed by atoms with Crippen molar-refractivity contribution < 1.29 is 24.5 Å². The van der Waals surface area contributed by atoms with Gasteiger partial charge in [0.2, 0.25) is 0 Å². The fourth-order valence-corrected chi connectivity index (χ4v) is 4.36. The van der Waals surface area contributed by atoms with Crippen molar-refractivity contribution >= 4 is 17.6 Å². The molecular weight excluding hydrogens is 432 g/mol. The number of rotatable bonds is 9. The van der Waals surface area contributed by atoms with E-state index in [2.05, 4.69) is 23.5 Å². The summed E-state index contributed by atoms with van der Waals surface area (Å²) in [5.41, 5.74) is 5.75. The Hall–Kier alpha value is -3.68. The van der Waals surface area contributed by atoms with Crippen LogP contribution < -0.4 is 15.0 Å². The topological polar surface area (TPSA) is 99.1 Å². The highest BCUT2D eigenvalue weighted by Gasteiger charge is 2.28. The lowest BCUT2D eigenvalue weighted by atomic mass is 9.98. The van der Waals surface area contributed by atoms with Gasteiger partial charge in [-0.05, 0) is 41.3 Å². The Kier molecular flexibility index (Phi) is 7.25. The van der Waals surface area contributed by atoms with Crippen LogP contribution in [0.1, 0.15) is 27.9 Å². The van der Waals surface area contributed by atoms with E-state index in [0.717, 1.165) is 28.8 Å². The van der Waals surface area contributed by atoms with Crippen LogP contribution in [-0.4, -0.2) is 48.4 Å². The van der Waals surface area contributed by atoms with Gasteiger partial charge in [0.15, 0.2) is 0 Å². The highest BCUT2D eigenvalue weighted by molar-refractivity contribution is 6.08. The molecule has 0 saturated heterocycles. The van der Waals surface area contributed by atoms with Crippen LogP contribution in [0.2, 0.25) is 0 Å². The second-order valence-electron chi connectivity index (χ2n) is 8.29. The van der Waals surface area contributed by atoms with Gasteiger partial charge in [0.1, 0.15) is 5.75 Å². The molecule has 1 atom stereocenters. The number of methoxy groups -OCH3 is 1. The van der Waals surface area contributed by atoms with Crippen LogP contribution in [0.25, 0.3) is 11.1 Å². The Morgan fingerprint density at radius 1 is 1.09 bits per heavy atom. The number of carbonyl (C=O) groups is 2. The molecule has 0 unspecified atom stereocenters. The van der Waals surface area contributed by atoms with Crippen molar-refractivity contribution in [3.8, 4) is 16.9 Å². The van der Waals surface area contributed by atoms with Crippen molar-refractivity contribution in [3.63, 3.8) is 0 Å². The summed E-state index contributed by atoms with van der Waals surface area (Å²) in [7, 11) is 1.55. The van der Waals surface area contributed by atoms with Crippen LogP contribution in [-0.2, 0) is 17.8 Å². The van der Waals surface area contributed by atoms with E-state index in [1.54, 1.807) is 19.2 Å². The number of aliphatic hydroxyl groups excluding tert-OH is 1. The number of aliphatic carboxylic acids is 1. The van der Waals surface area contributed by atoms with E-state index >= 15 is 0 Å². The van der Waals surface area contributed by atoms with Gasteiger partial charge in [-0.2, -0.15) is 0 Å². The fraction of sp³-hybridized carbons (Fsp3) is 0.259. The predicted molar refractivity (Wildman–Crippen MR) is 130 cm³/mol. The molecule has 3 aromatic carbocycles. The first-order chi connectivity index (χ1) is 16.5. The predicted octanol–water partition coefficient (Wildman–Crippen LogP) is 3.49. The monoisotopic (exact) mass is 460 g/mol.